The number of aryl methyl sites for hydroxylation is 1. The van der Waals surface area contributed by atoms with Gasteiger partial charge < -0.3 is 19.1 Å². The Morgan fingerprint density at radius 2 is 1.96 bits per heavy atom. The summed E-state index contributed by atoms with van der Waals surface area (Å²) in [5.41, 5.74) is 2.23. The maximum Gasteiger partial charge on any atom is 0.261 e. The maximum atomic E-state index is 12.9. The van der Waals surface area contributed by atoms with Gasteiger partial charge in [0.25, 0.3) is 5.91 Å². The molecule has 6 heteroatoms. The predicted molar refractivity (Wildman–Crippen MR) is 110 cm³/mol. The molecule has 0 N–H and O–H groups in total. The summed E-state index contributed by atoms with van der Waals surface area (Å²) >= 11 is 3.49. The number of hydrogen-bond acceptors (Lipinski definition) is 4. The molecule has 28 heavy (non-hydrogen) atoms. The number of carbonyl (C=O) groups is 1. The summed E-state index contributed by atoms with van der Waals surface area (Å²) in [5, 5.41) is 0. The van der Waals surface area contributed by atoms with Crippen LogP contribution in [0.3, 0.4) is 0 Å². The highest BCUT2D eigenvalue weighted by molar-refractivity contribution is 9.10. The van der Waals surface area contributed by atoms with Crippen molar-refractivity contribution in [3.05, 3.63) is 52.0 Å². The number of halogens is 1. The van der Waals surface area contributed by atoms with Crippen molar-refractivity contribution in [1.29, 1.82) is 0 Å². The van der Waals surface area contributed by atoms with Crippen LogP contribution in [0.25, 0.3) is 0 Å². The van der Waals surface area contributed by atoms with Gasteiger partial charge in [0.15, 0.2) is 18.1 Å². The van der Waals surface area contributed by atoms with E-state index in [4.69, 9.17) is 14.2 Å². The van der Waals surface area contributed by atoms with Gasteiger partial charge in [-0.2, -0.15) is 0 Å². The molecular formula is C22H24BrNO4. The molecule has 0 spiro atoms. The molecule has 2 aliphatic rings. The van der Waals surface area contributed by atoms with E-state index in [0.29, 0.717) is 19.0 Å². The van der Waals surface area contributed by atoms with E-state index >= 15 is 0 Å². The smallest absolute Gasteiger partial charge is 0.261 e. The van der Waals surface area contributed by atoms with Crippen LogP contribution in [0.2, 0.25) is 0 Å². The summed E-state index contributed by atoms with van der Waals surface area (Å²) in [4.78, 5) is 14.8. The molecular weight excluding hydrogens is 422 g/mol. The van der Waals surface area contributed by atoms with Gasteiger partial charge in [0, 0.05) is 13.0 Å². The van der Waals surface area contributed by atoms with Crippen LogP contribution < -0.4 is 14.2 Å². The van der Waals surface area contributed by atoms with Gasteiger partial charge in [0.05, 0.1) is 23.7 Å². The summed E-state index contributed by atoms with van der Waals surface area (Å²) in [7, 11) is 0. The molecule has 0 unspecified atom stereocenters. The second-order valence-electron chi connectivity index (χ2n) is 7.22. The zero-order valence-corrected chi connectivity index (χ0v) is 17.5. The van der Waals surface area contributed by atoms with E-state index in [9.17, 15) is 4.79 Å². The highest BCUT2D eigenvalue weighted by Crippen LogP contribution is 2.38. The molecule has 1 atom stereocenters. The summed E-state index contributed by atoms with van der Waals surface area (Å²) in [6.45, 7) is 4.12. The molecule has 2 aromatic rings. The average molecular weight is 446 g/mol. The van der Waals surface area contributed by atoms with E-state index in [1.165, 1.54) is 0 Å². The maximum absolute atomic E-state index is 12.9. The quantitative estimate of drug-likeness (QED) is 0.686. The van der Waals surface area contributed by atoms with Crippen LogP contribution in [-0.4, -0.2) is 37.2 Å². The normalized spacial score (nSPS) is 18.6. The molecule has 2 heterocycles. The molecule has 0 aromatic heterocycles. The summed E-state index contributed by atoms with van der Waals surface area (Å²) in [6.07, 6.45) is 2.81. The lowest BCUT2D eigenvalue weighted by molar-refractivity contribution is -0.134. The minimum absolute atomic E-state index is 0.00193. The molecule has 1 saturated heterocycles. The SMILES string of the molecule is Cc1ccc(OCC(=O)N2CCC[C@H]2c2ccc3c(c2)OCCCO3)c(Br)c1. The number of carbonyl (C=O) groups excluding carboxylic acids is 1. The number of likely N-dealkylation sites (tertiary alicyclic amines) is 1. The van der Waals surface area contributed by atoms with Crippen molar-refractivity contribution in [3.8, 4) is 17.2 Å². The van der Waals surface area contributed by atoms with E-state index in [1.54, 1.807) is 0 Å². The second kappa shape index (κ2) is 8.43. The first kappa shape index (κ1) is 19.1. The van der Waals surface area contributed by atoms with Crippen molar-refractivity contribution in [3.63, 3.8) is 0 Å². The number of nitrogens with zero attached hydrogens (tertiary/aromatic N) is 1. The van der Waals surface area contributed by atoms with Crippen molar-refractivity contribution in [2.75, 3.05) is 26.4 Å². The monoisotopic (exact) mass is 445 g/mol. The van der Waals surface area contributed by atoms with Crippen LogP contribution in [0.5, 0.6) is 17.2 Å². The number of benzene rings is 2. The van der Waals surface area contributed by atoms with Crippen LogP contribution >= 0.6 is 15.9 Å². The van der Waals surface area contributed by atoms with Gasteiger partial charge in [0.2, 0.25) is 0 Å². The fourth-order valence-corrected chi connectivity index (χ4v) is 4.35. The molecule has 0 saturated carbocycles. The molecule has 0 bridgehead atoms. The molecule has 1 fully saturated rings. The van der Waals surface area contributed by atoms with Crippen LogP contribution in [0, 0.1) is 6.92 Å². The Morgan fingerprint density at radius 3 is 2.79 bits per heavy atom. The van der Waals surface area contributed by atoms with Crippen molar-refractivity contribution in [2.45, 2.75) is 32.2 Å². The third kappa shape index (κ3) is 4.12. The van der Waals surface area contributed by atoms with E-state index < -0.39 is 0 Å². The summed E-state index contributed by atoms with van der Waals surface area (Å²) in [5.74, 6) is 2.24. The number of hydrogen-bond donors (Lipinski definition) is 0. The van der Waals surface area contributed by atoms with Crippen molar-refractivity contribution >= 4 is 21.8 Å². The predicted octanol–water partition coefficient (Wildman–Crippen LogP) is 4.66. The van der Waals surface area contributed by atoms with Crippen molar-refractivity contribution in [1.82, 2.24) is 4.90 Å². The minimum atomic E-state index is 0.00193. The summed E-state index contributed by atoms with van der Waals surface area (Å²) < 4.78 is 18.2. The molecule has 2 aromatic carbocycles. The van der Waals surface area contributed by atoms with Gasteiger partial charge in [-0.15, -0.1) is 0 Å². The lowest BCUT2D eigenvalue weighted by Gasteiger charge is -2.26. The Bertz CT molecular complexity index is 870. The Hall–Kier alpha value is -2.21. The van der Waals surface area contributed by atoms with E-state index in [-0.39, 0.29) is 18.6 Å². The van der Waals surface area contributed by atoms with Crippen molar-refractivity contribution < 1.29 is 19.0 Å². The summed E-state index contributed by atoms with van der Waals surface area (Å²) in [6, 6.07) is 11.9. The second-order valence-corrected chi connectivity index (χ2v) is 8.08. The number of amides is 1. The van der Waals surface area contributed by atoms with Gasteiger partial charge in [0.1, 0.15) is 5.75 Å². The Labute approximate surface area is 173 Å². The Morgan fingerprint density at radius 1 is 1.14 bits per heavy atom. The van der Waals surface area contributed by atoms with Crippen LogP contribution in [0.15, 0.2) is 40.9 Å². The first-order valence-electron chi connectivity index (χ1n) is 9.70. The molecule has 148 valence electrons. The topological polar surface area (TPSA) is 48.0 Å². The van der Waals surface area contributed by atoms with Gasteiger partial charge in [-0.1, -0.05) is 12.1 Å². The van der Waals surface area contributed by atoms with Crippen LogP contribution in [-0.2, 0) is 4.79 Å². The third-order valence-corrected chi connectivity index (χ3v) is 5.79. The van der Waals surface area contributed by atoms with Gasteiger partial charge in [-0.3, -0.25) is 4.79 Å². The van der Waals surface area contributed by atoms with Crippen LogP contribution in [0.4, 0.5) is 0 Å². The average Bonchev–Trinajstić information content (AvgIpc) is 3.06. The highest BCUT2D eigenvalue weighted by atomic mass is 79.9. The zero-order chi connectivity index (χ0) is 19.5. The fourth-order valence-electron chi connectivity index (χ4n) is 3.74. The number of rotatable bonds is 4. The molecule has 4 rings (SSSR count). The molecule has 0 radical (unpaired) electrons. The lowest BCUT2D eigenvalue weighted by Crippen LogP contribution is -2.34. The van der Waals surface area contributed by atoms with Gasteiger partial charge in [-0.05, 0) is 71.1 Å². The highest BCUT2D eigenvalue weighted by Gasteiger charge is 2.31. The molecule has 1 amide bonds. The fraction of sp³-hybridized carbons (Fsp3) is 0.409. The van der Waals surface area contributed by atoms with E-state index in [2.05, 4.69) is 15.9 Å². The standard InChI is InChI=1S/C22H24BrNO4/c1-15-5-7-19(17(23)12-15)28-14-22(25)24-9-2-4-18(24)16-6-8-20-21(13-16)27-11-3-10-26-20/h5-8,12-13,18H,2-4,9-11,14H2,1H3/t18-/m0/s1. The van der Waals surface area contributed by atoms with E-state index in [1.807, 2.05) is 48.2 Å². The Balaban J connectivity index is 1.45. The van der Waals surface area contributed by atoms with E-state index in [0.717, 1.165) is 52.9 Å². The Kier molecular flexibility index (Phi) is 5.76. The third-order valence-electron chi connectivity index (χ3n) is 5.17. The first-order valence-corrected chi connectivity index (χ1v) is 10.5. The molecule has 5 nitrogen and oxygen atoms in total. The molecule has 0 aliphatic carbocycles. The first-order chi connectivity index (χ1) is 13.6. The number of ether oxygens (including phenoxy) is 3. The molecule has 2 aliphatic heterocycles. The largest absolute Gasteiger partial charge is 0.490 e. The number of fused-ring (bicyclic) bond motifs is 1. The lowest BCUT2D eigenvalue weighted by atomic mass is 10.0. The van der Waals surface area contributed by atoms with Gasteiger partial charge in [-0.25, -0.2) is 0 Å². The minimum Gasteiger partial charge on any atom is -0.490 e. The van der Waals surface area contributed by atoms with Crippen molar-refractivity contribution in [2.24, 2.45) is 0 Å². The zero-order valence-electron chi connectivity index (χ0n) is 15.9. The van der Waals surface area contributed by atoms with Gasteiger partial charge >= 0.3 is 0 Å². The van der Waals surface area contributed by atoms with Crippen LogP contribution in [0.1, 0.15) is 36.4 Å².